The van der Waals surface area contributed by atoms with Crippen LogP contribution in [0.1, 0.15) is 32.4 Å². The van der Waals surface area contributed by atoms with Crippen LogP contribution in [0.4, 0.5) is 4.39 Å². The van der Waals surface area contributed by atoms with Crippen molar-refractivity contribution >= 4 is 44.2 Å². The highest BCUT2D eigenvalue weighted by Gasteiger charge is 2.33. The Bertz CT molecular complexity index is 1820. The first-order chi connectivity index (χ1) is 20.5. The molecule has 0 bridgehead atoms. The summed E-state index contributed by atoms with van der Waals surface area (Å²) in [7, 11) is 0. The topological polar surface area (TPSA) is 88.5 Å². The number of amides is 1. The first-order valence-corrected chi connectivity index (χ1v) is 14.1. The van der Waals surface area contributed by atoms with Crippen LogP contribution >= 0.6 is 11.3 Å². The Hall–Kier alpha value is -5.08. The largest absolute Gasteiger partial charge is 0.485 e. The molecule has 1 heterocycles. The molecule has 6 rings (SSSR count). The minimum atomic E-state index is -1.29. The predicted molar refractivity (Wildman–Crippen MR) is 161 cm³/mol. The number of para-hydroxylation sites is 1. The zero-order valence-electron chi connectivity index (χ0n) is 22.2. The summed E-state index contributed by atoms with van der Waals surface area (Å²) in [6, 6.07) is 32.2. The van der Waals surface area contributed by atoms with Gasteiger partial charge >= 0.3 is 5.97 Å². The minimum absolute atomic E-state index is 0.0785. The van der Waals surface area contributed by atoms with Crippen LogP contribution in [0.2, 0.25) is 0 Å². The van der Waals surface area contributed by atoms with Crippen molar-refractivity contribution in [3.8, 4) is 5.75 Å². The normalized spacial score (nSPS) is 12.0. The molecule has 42 heavy (non-hydrogen) atoms. The molecule has 1 amide bonds. The third-order valence-electron chi connectivity index (χ3n) is 7.06. The van der Waals surface area contributed by atoms with Crippen molar-refractivity contribution in [2.75, 3.05) is 0 Å². The molecule has 0 saturated heterocycles. The van der Waals surface area contributed by atoms with Crippen LogP contribution < -0.4 is 10.1 Å². The van der Waals surface area contributed by atoms with Gasteiger partial charge in [0, 0.05) is 11.3 Å². The van der Waals surface area contributed by atoms with Crippen LogP contribution in [0.25, 0.3) is 21.0 Å². The van der Waals surface area contributed by atoms with Crippen molar-refractivity contribution < 1.29 is 23.8 Å². The Kier molecular flexibility index (Phi) is 7.62. The smallest absolute Gasteiger partial charge is 0.327 e. The summed E-state index contributed by atoms with van der Waals surface area (Å²) in [5, 5.41) is 14.9. The number of fused-ring (bicyclic) bond motifs is 2. The van der Waals surface area contributed by atoms with Gasteiger partial charge in [-0.1, -0.05) is 78.9 Å². The van der Waals surface area contributed by atoms with Crippen molar-refractivity contribution in [1.29, 1.82) is 0 Å². The van der Waals surface area contributed by atoms with Crippen molar-refractivity contribution in [2.24, 2.45) is 0 Å². The number of aliphatic carboxylic acids is 1. The summed E-state index contributed by atoms with van der Waals surface area (Å²) in [6.45, 7) is 0.0785. The number of halogens is 1. The highest BCUT2D eigenvalue weighted by atomic mass is 32.1. The molecular formula is C34H25FN2O4S. The van der Waals surface area contributed by atoms with Crippen LogP contribution in [0.15, 0.2) is 115 Å². The highest BCUT2D eigenvalue weighted by Crippen LogP contribution is 2.34. The number of carboxylic acid groups (broad SMARTS) is 1. The molecule has 0 aliphatic rings. The summed E-state index contributed by atoms with van der Waals surface area (Å²) in [5.41, 5.74) is 2.48. The third kappa shape index (κ3) is 5.57. The predicted octanol–water partition coefficient (Wildman–Crippen LogP) is 7.18. The van der Waals surface area contributed by atoms with E-state index >= 15 is 0 Å². The zero-order valence-corrected chi connectivity index (χ0v) is 23.1. The number of benzene rings is 5. The molecule has 0 radical (unpaired) electrons. The van der Waals surface area contributed by atoms with Gasteiger partial charge in [0.2, 0.25) is 0 Å². The molecule has 0 fully saturated rings. The lowest BCUT2D eigenvalue weighted by molar-refractivity contribution is -0.139. The maximum absolute atomic E-state index is 14.1. The quantitative estimate of drug-likeness (QED) is 0.190. The molecule has 6 nitrogen and oxygen atoms in total. The zero-order chi connectivity index (χ0) is 29.1. The summed E-state index contributed by atoms with van der Waals surface area (Å²) >= 11 is 1.48. The van der Waals surface area contributed by atoms with Crippen molar-refractivity contribution in [3.63, 3.8) is 0 Å². The van der Waals surface area contributed by atoms with E-state index in [-0.39, 0.29) is 17.9 Å². The van der Waals surface area contributed by atoms with Gasteiger partial charge in [0.15, 0.2) is 0 Å². The number of hydrogen-bond acceptors (Lipinski definition) is 5. The Labute approximate surface area is 245 Å². The minimum Gasteiger partial charge on any atom is -0.485 e. The molecule has 1 atom stereocenters. The molecule has 5 aromatic carbocycles. The Morgan fingerprint density at radius 3 is 2.19 bits per heavy atom. The summed E-state index contributed by atoms with van der Waals surface area (Å²) in [6.07, 6.45) is 0. The van der Waals surface area contributed by atoms with E-state index in [1.807, 2.05) is 84.9 Å². The molecule has 0 spiro atoms. The Balaban J connectivity index is 1.37. The third-order valence-corrected chi connectivity index (χ3v) is 8.07. The number of carbonyl (C=O) groups excluding carboxylic acids is 1. The Morgan fingerprint density at radius 2 is 1.52 bits per heavy atom. The fraction of sp³-hybridized carbons (Fsp3) is 0.0882. The number of ether oxygens (including phenoxy) is 1. The number of carboxylic acids is 1. The molecule has 8 heteroatoms. The van der Waals surface area contributed by atoms with Gasteiger partial charge in [0.1, 0.15) is 29.2 Å². The van der Waals surface area contributed by atoms with E-state index in [4.69, 9.17) is 4.74 Å². The van der Waals surface area contributed by atoms with Crippen LogP contribution in [0.3, 0.4) is 0 Å². The fourth-order valence-corrected chi connectivity index (χ4v) is 6.01. The highest BCUT2D eigenvalue weighted by molar-refractivity contribution is 7.18. The number of nitrogens with zero attached hydrogens (tertiary/aromatic N) is 1. The van der Waals surface area contributed by atoms with E-state index in [9.17, 15) is 19.1 Å². The first kappa shape index (κ1) is 27.1. The van der Waals surface area contributed by atoms with Gasteiger partial charge in [-0.25, -0.2) is 14.2 Å². The molecule has 6 aromatic rings. The average Bonchev–Trinajstić information content (AvgIpc) is 3.43. The second kappa shape index (κ2) is 11.8. The number of aromatic nitrogens is 1. The maximum atomic E-state index is 14.1. The number of nitrogens with one attached hydrogen (secondary N) is 1. The first-order valence-electron chi connectivity index (χ1n) is 13.3. The van der Waals surface area contributed by atoms with Crippen molar-refractivity contribution in [1.82, 2.24) is 10.3 Å². The molecule has 1 unspecified atom stereocenters. The van der Waals surface area contributed by atoms with Gasteiger partial charge in [-0.05, 0) is 52.9 Å². The van der Waals surface area contributed by atoms with E-state index in [2.05, 4.69) is 10.3 Å². The average molecular weight is 577 g/mol. The van der Waals surface area contributed by atoms with Crippen LogP contribution in [0.5, 0.6) is 5.75 Å². The number of rotatable bonds is 9. The van der Waals surface area contributed by atoms with Crippen LogP contribution in [0, 0.1) is 5.82 Å². The van der Waals surface area contributed by atoms with E-state index < -0.39 is 29.7 Å². The summed E-state index contributed by atoms with van der Waals surface area (Å²) < 4.78 is 21.3. The molecule has 0 aliphatic carbocycles. The maximum Gasteiger partial charge on any atom is 0.327 e. The van der Waals surface area contributed by atoms with E-state index in [0.717, 1.165) is 21.3 Å². The summed E-state index contributed by atoms with van der Waals surface area (Å²) in [5.74, 6) is -2.65. The van der Waals surface area contributed by atoms with Gasteiger partial charge in [0.25, 0.3) is 5.91 Å². The lowest BCUT2D eigenvalue weighted by Gasteiger charge is -2.26. The van der Waals surface area contributed by atoms with Crippen LogP contribution in [-0.2, 0) is 11.4 Å². The van der Waals surface area contributed by atoms with Gasteiger partial charge in [-0.15, -0.1) is 11.3 Å². The summed E-state index contributed by atoms with van der Waals surface area (Å²) in [4.78, 5) is 31.2. The number of carbonyl (C=O) groups is 2. The molecule has 208 valence electrons. The van der Waals surface area contributed by atoms with Crippen molar-refractivity contribution in [2.45, 2.75) is 18.6 Å². The second-order valence-electron chi connectivity index (χ2n) is 9.76. The van der Waals surface area contributed by atoms with Gasteiger partial charge in [0.05, 0.1) is 15.8 Å². The van der Waals surface area contributed by atoms with E-state index in [1.165, 1.54) is 29.5 Å². The SMILES string of the molecule is O=C(NC(C(=O)O)C(c1ccccc1)c1ccccc1)c1ccc2cc(F)ccc2c1OCc1nc2ccccc2s1. The molecule has 0 aliphatic heterocycles. The molecule has 1 aromatic heterocycles. The number of thiazole rings is 1. The number of hydrogen-bond donors (Lipinski definition) is 2. The van der Waals surface area contributed by atoms with E-state index in [1.54, 1.807) is 12.1 Å². The molecule has 0 saturated carbocycles. The van der Waals surface area contributed by atoms with E-state index in [0.29, 0.717) is 15.8 Å². The van der Waals surface area contributed by atoms with Crippen molar-refractivity contribution in [3.05, 3.63) is 143 Å². The lowest BCUT2D eigenvalue weighted by Crippen LogP contribution is -2.45. The van der Waals surface area contributed by atoms with Gasteiger partial charge < -0.3 is 15.2 Å². The lowest BCUT2D eigenvalue weighted by atomic mass is 9.84. The van der Waals surface area contributed by atoms with Gasteiger partial charge in [-0.2, -0.15) is 0 Å². The monoisotopic (exact) mass is 576 g/mol. The van der Waals surface area contributed by atoms with Crippen LogP contribution in [-0.4, -0.2) is 28.0 Å². The molecule has 2 N–H and O–H groups in total. The Morgan fingerprint density at radius 1 is 0.857 bits per heavy atom. The standard InChI is InChI=1S/C34H25FN2O4S/c35-24-16-18-25-23(19-24)15-17-26(32(25)41-20-29-36-27-13-7-8-14-28(27)42-29)33(38)37-31(34(39)40)30(21-9-3-1-4-10-21)22-11-5-2-6-12-22/h1-19,30-31H,20H2,(H,37,38)(H,39,40). The van der Waals surface area contributed by atoms with Gasteiger partial charge in [-0.3, -0.25) is 4.79 Å². The molecular weight excluding hydrogens is 551 g/mol. The second-order valence-corrected chi connectivity index (χ2v) is 10.9. The fourth-order valence-electron chi connectivity index (χ4n) is 5.13.